The Morgan fingerprint density at radius 1 is 1.43 bits per heavy atom. The summed E-state index contributed by atoms with van der Waals surface area (Å²) in [4.78, 5) is 26.1. The minimum Gasteiger partial charge on any atom is -0.369 e. The molecule has 0 bridgehead atoms. The molecule has 21 heavy (non-hydrogen) atoms. The summed E-state index contributed by atoms with van der Waals surface area (Å²) in [6, 6.07) is 1.00. The van der Waals surface area contributed by atoms with Gasteiger partial charge in [0, 0.05) is 18.3 Å². The second kappa shape index (κ2) is 6.71. The van der Waals surface area contributed by atoms with Crippen LogP contribution in [0.4, 0.5) is 11.5 Å². The number of carbonyl (C=O) groups excluding carboxylic acids is 1. The lowest BCUT2D eigenvalue weighted by molar-refractivity contribution is -0.384. The molecule has 1 aliphatic carbocycles. The van der Waals surface area contributed by atoms with Gasteiger partial charge in [0.15, 0.2) is 0 Å². The van der Waals surface area contributed by atoms with Crippen LogP contribution in [0.5, 0.6) is 0 Å². The maximum absolute atomic E-state index is 11.6. The number of anilines is 1. The zero-order valence-corrected chi connectivity index (χ0v) is 12.2. The van der Waals surface area contributed by atoms with Gasteiger partial charge in [0.25, 0.3) is 0 Å². The number of nitro groups is 1. The van der Waals surface area contributed by atoms with Crippen molar-refractivity contribution in [2.24, 2.45) is 11.7 Å². The second-order valence-electron chi connectivity index (χ2n) is 5.18. The number of aromatic nitrogens is 1. The van der Waals surface area contributed by atoms with E-state index in [1.807, 2.05) is 0 Å². The van der Waals surface area contributed by atoms with Crippen LogP contribution in [0.25, 0.3) is 0 Å². The summed E-state index contributed by atoms with van der Waals surface area (Å²) in [5, 5.41) is 14.3. The van der Waals surface area contributed by atoms with E-state index in [4.69, 9.17) is 17.3 Å². The van der Waals surface area contributed by atoms with Crippen LogP contribution < -0.4 is 11.1 Å². The third-order valence-corrected chi connectivity index (χ3v) is 3.94. The van der Waals surface area contributed by atoms with E-state index >= 15 is 0 Å². The van der Waals surface area contributed by atoms with Gasteiger partial charge in [0.05, 0.1) is 15.9 Å². The normalized spacial score (nSPS) is 22.3. The van der Waals surface area contributed by atoms with Crippen LogP contribution in [0.3, 0.4) is 0 Å². The van der Waals surface area contributed by atoms with E-state index in [0.717, 1.165) is 25.7 Å². The number of hydrogen-bond acceptors (Lipinski definition) is 5. The first kappa shape index (κ1) is 15.5. The lowest BCUT2D eigenvalue weighted by atomic mass is 9.94. The van der Waals surface area contributed by atoms with Gasteiger partial charge in [0.2, 0.25) is 11.7 Å². The molecule has 7 nitrogen and oxygen atoms in total. The molecule has 1 aromatic rings. The van der Waals surface area contributed by atoms with Crippen LogP contribution in [-0.4, -0.2) is 21.9 Å². The Kier molecular flexibility index (Phi) is 4.95. The van der Waals surface area contributed by atoms with Gasteiger partial charge in [-0.15, -0.1) is 0 Å². The maximum Gasteiger partial charge on any atom is 0.312 e. The van der Waals surface area contributed by atoms with E-state index in [1.54, 1.807) is 0 Å². The first-order chi connectivity index (χ1) is 9.99. The van der Waals surface area contributed by atoms with Gasteiger partial charge >= 0.3 is 5.69 Å². The summed E-state index contributed by atoms with van der Waals surface area (Å²) in [5.41, 5.74) is 5.25. The van der Waals surface area contributed by atoms with E-state index in [2.05, 4.69) is 10.3 Å². The maximum atomic E-state index is 11.6. The predicted octanol–water partition coefficient (Wildman–Crippen LogP) is 2.49. The highest BCUT2D eigenvalue weighted by Gasteiger charge is 2.30. The van der Waals surface area contributed by atoms with Crippen molar-refractivity contribution in [3.8, 4) is 0 Å². The van der Waals surface area contributed by atoms with Crippen LogP contribution >= 0.6 is 11.6 Å². The van der Waals surface area contributed by atoms with Crippen molar-refractivity contribution in [1.29, 1.82) is 0 Å². The molecule has 1 heterocycles. The van der Waals surface area contributed by atoms with Crippen molar-refractivity contribution in [1.82, 2.24) is 4.98 Å². The molecule has 0 radical (unpaired) electrons. The Hall–Kier alpha value is -1.89. The molecule has 1 saturated carbocycles. The van der Waals surface area contributed by atoms with Crippen LogP contribution in [0.2, 0.25) is 5.02 Å². The van der Waals surface area contributed by atoms with Crippen molar-refractivity contribution in [3.63, 3.8) is 0 Å². The third-order valence-electron chi connectivity index (χ3n) is 3.73. The van der Waals surface area contributed by atoms with Crippen molar-refractivity contribution >= 4 is 29.0 Å². The van der Waals surface area contributed by atoms with Crippen LogP contribution in [-0.2, 0) is 4.79 Å². The van der Waals surface area contributed by atoms with Gasteiger partial charge in [-0.25, -0.2) is 4.98 Å². The third kappa shape index (κ3) is 3.81. The summed E-state index contributed by atoms with van der Waals surface area (Å²) >= 11 is 5.74. The van der Waals surface area contributed by atoms with Crippen molar-refractivity contribution in [2.75, 3.05) is 5.32 Å². The monoisotopic (exact) mass is 312 g/mol. The smallest absolute Gasteiger partial charge is 0.312 e. The van der Waals surface area contributed by atoms with Gasteiger partial charge < -0.3 is 11.1 Å². The Labute approximate surface area is 127 Å². The van der Waals surface area contributed by atoms with Gasteiger partial charge in [-0.05, 0) is 12.8 Å². The average Bonchev–Trinajstić information content (AvgIpc) is 2.66. The fourth-order valence-corrected chi connectivity index (χ4v) is 2.83. The van der Waals surface area contributed by atoms with Gasteiger partial charge in [-0.1, -0.05) is 30.9 Å². The van der Waals surface area contributed by atoms with E-state index in [1.165, 1.54) is 12.3 Å². The largest absolute Gasteiger partial charge is 0.369 e. The Morgan fingerprint density at radius 2 is 2.14 bits per heavy atom. The number of nitrogens with two attached hydrogens (primary N) is 1. The molecule has 1 aliphatic rings. The quantitative estimate of drug-likeness (QED) is 0.504. The second-order valence-corrected chi connectivity index (χ2v) is 5.61. The first-order valence-electron chi connectivity index (χ1n) is 6.85. The molecule has 8 heteroatoms. The Balaban J connectivity index is 2.26. The molecule has 0 aromatic carbocycles. The topological polar surface area (TPSA) is 111 Å². The number of amides is 1. The zero-order valence-electron chi connectivity index (χ0n) is 11.4. The number of pyridine rings is 1. The summed E-state index contributed by atoms with van der Waals surface area (Å²) in [6.07, 6.45) is 5.67. The zero-order chi connectivity index (χ0) is 15.4. The molecule has 0 aliphatic heterocycles. The van der Waals surface area contributed by atoms with E-state index in [9.17, 15) is 14.9 Å². The average molecular weight is 313 g/mol. The van der Waals surface area contributed by atoms with Crippen molar-refractivity contribution in [2.45, 2.75) is 38.1 Å². The summed E-state index contributed by atoms with van der Waals surface area (Å²) in [5.74, 6) is -0.599. The number of hydrogen-bond donors (Lipinski definition) is 2. The van der Waals surface area contributed by atoms with E-state index in [0.29, 0.717) is 6.42 Å². The van der Waals surface area contributed by atoms with Crippen LogP contribution in [0.1, 0.15) is 32.1 Å². The molecule has 2 rings (SSSR count). The number of nitrogens with zero attached hydrogens (tertiary/aromatic N) is 2. The number of nitrogens with one attached hydrogen (secondary N) is 1. The standard InChI is InChI=1S/C13H17ClN4O3/c14-8-6-11(18(20)21)13(16-7-8)17-10-5-3-1-2-4-9(10)12(15)19/h6-7,9-10H,1-5H2,(H2,15,19)(H,16,17)/t9-,10-/m1/s1. The molecule has 3 N–H and O–H groups in total. The highest BCUT2D eigenvalue weighted by molar-refractivity contribution is 6.30. The Bertz CT molecular complexity index is 552. The van der Waals surface area contributed by atoms with Crippen LogP contribution in [0.15, 0.2) is 12.3 Å². The minimum absolute atomic E-state index is 0.127. The molecule has 114 valence electrons. The minimum atomic E-state index is -0.544. The number of halogens is 1. The SMILES string of the molecule is NC(=O)[C@@H]1CCCCC[C@H]1Nc1ncc(Cl)cc1[N+](=O)[O-]. The molecule has 1 fully saturated rings. The lowest BCUT2D eigenvalue weighted by Gasteiger charge is -2.23. The molecular weight excluding hydrogens is 296 g/mol. The highest BCUT2D eigenvalue weighted by atomic mass is 35.5. The van der Waals surface area contributed by atoms with E-state index in [-0.39, 0.29) is 34.4 Å². The molecule has 0 unspecified atom stereocenters. The predicted molar refractivity (Wildman–Crippen MR) is 79.1 cm³/mol. The molecule has 1 aromatic heterocycles. The summed E-state index contributed by atoms with van der Waals surface area (Å²) in [6.45, 7) is 0. The Morgan fingerprint density at radius 3 is 2.81 bits per heavy atom. The molecular formula is C13H17ClN4O3. The number of carbonyl (C=O) groups is 1. The van der Waals surface area contributed by atoms with E-state index < -0.39 is 4.92 Å². The number of primary amides is 1. The number of rotatable bonds is 4. The highest BCUT2D eigenvalue weighted by Crippen LogP contribution is 2.30. The fourth-order valence-electron chi connectivity index (χ4n) is 2.68. The van der Waals surface area contributed by atoms with Gasteiger partial charge in [-0.2, -0.15) is 0 Å². The molecule has 1 amide bonds. The lowest BCUT2D eigenvalue weighted by Crippen LogP contribution is -2.38. The fraction of sp³-hybridized carbons (Fsp3) is 0.538. The van der Waals surface area contributed by atoms with Crippen molar-refractivity contribution in [3.05, 3.63) is 27.4 Å². The molecule has 2 atom stereocenters. The van der Waals surface area contributed by atoms with Crippen LogP contribution in [0, 0.1) is 16.0 Å². The summed E-state index contributed by atoms with van der Waals surface area (Å²) < 4.78 is 0. The molecule has 0 saturated heterocycles. The van der Waals surface area contributed by atoms with Gasteiger partial charge in [0.1, 0.15) is 0 Å². The first-order valence-corrected chi connectivity index (χ1v) is 7.22. The van der Waals surface area contributed by atoms with Gasteiger partial charge in [-0.3, -0.25) is 14.9 Å². The molecule has 0 spiro atoms. The van der Waals surface area contributed by atoms with Crippen molar-refractivity contribution < 1.29 is 9.72 Å². The summed E-state index contributed by atoms with van der Waals surface area (Å²) in [7, 11) is 0.